The Hall–Kier alpha value is -2.00. The number of methoxy groups -OCH3 is 1. The molecule has 0 unspecified atom stereocenters. The van der Waals surface area contributed by atoms with Gasteiger partial charge >= 0.3 is 6.18 Å². The largest absolute Gasteiger partial charge is 0.484 e. The van der Waals surface area contributed by atoms with Crippen molar-refractivity contribution in [2.24, 2.45) is 4.99 Å². The van der Waals surface area contributed by atoms with Gasteiger partial charge in [0.05, 0.1) is 26.4 Å². The lowest BCUT2D eigenvalue weighted by molar-refractivity contribution is -0.153. The van der Waals surface area contributed by atoms with E-state index >= 15 is 0 Å². The number of ether oxygens (including phenoxy) is 3. The van der Waals surface area contributed by atoms with Gasteiger partial charge in [0.2, 0.25) is 0 Å². The third-order valence-electron chi connectivity index (χ3n) is 3.06. The summed E-state index contributed by atoms with van der Waals surface area (Å²) in [7, 11) is 1.62. The highest BCUT2D eigenvalue weighted by molar-refractivity contribution is 5.79. The van der Waals surface area contributed by atoms with Crippen molar-refractivity contribution in [3.63, 3.8) is 0 Å². The predicted molar refractivity (Wildman–Crippen MR) is 93.5 cm³/mol. The van der Waals surface area contributed by atoms with Gasteiger partial charge in [0.1, 0.15) is 5.75 Å². The van der Waals surface area contributed by atoms with E-state index in [9.17, 15) is 13.2 Å². The molecule has 0 aliphatic rings. The molecule has 0 saturated heterocycles. The van der Waals surface area contributed by atoms with E-state index in [0.717, 1.165) is 5.56 Å². The summed E-state index contributed by atoms with van der Waals surface area (Å²) in [4.78, 5) is 4.43. The maximum Gasteiger partial charge on any atom is 0.422 e. The Kier molecular flexibility index (Phi) is 10.5. The molecule has 0 heterocycles. The smallest absolute Gasteiger partial charge is 0.422 e. The van der Waals surface area contributed by atoms with E-state index in [1.807, 2.05) is 6.92 Å². The van der Waals surface area contributed by atoms with Crippen molar-refractivity contribution in [2.45, 2.75) is 19.6 Å². The van der Waals surface area contributed by atoms with Gasteiger partial charge in [-0.3, -0.25) is 0 Å². The number of nitrogens with one attached hydrogen (secondary N) is 2. The Morgan fingerprint density at radius 3 is 2.42 bits per heavy atom. The normalized spacial score (nSPS) is 12.1. The number of rotatable bonds is 11. The van der Waals surface area contributed by atoms with Crippen molar-refractivity contribution >= 4 is 5.96 Å². The number of hydrogen-bond acceptors (Lipinski definition) is 4. The Morgan fingerprint density at radius 2 is 1.81 bits per heavy atom. The lowest BCUT2D eigenvalue weighted by Crippen LogP contribution is -2.39. The summed E-state index contributed by atoms with van der Waals surface area (Å²) < 4.78 is 51.3. The zero-order valence-electron chi connectivity index (χ0n) is 15.1. The summed E-state index contributed by atoms with van der Waals surface area (Å²) in [6, 6.07) is 6.38. The molecule has 0 amide bonds. The highest BCUT2D eigenvalue weighted by atomic mass is 19.4. The number of alkyl halides is 3. The van der Waals surface area contributed by atoms with Crippen molar-refractivity contribution in [3.05, 3.63) is 29.8 Å². The molecule has 148 valence electrons. The zero-order valence-corrected chi connectivity index (χ0v) is 15.1. The fraction of sp³-hybridized carbons (Fsp3) is 0.588. The molecule has 0 aliphatic carbocycles. The Balaban J connectivity index is 2.42. The molecule has 0 aromatic heterocycles. The van der Waals surface area contributed by atoms with Crippen LogP contribution >= 0.6 is 0 Å². The van der Waals surface area contributed by atoms with Gasteiger partial charge in [0.25, 0.3) is 0 Å². The van der Waals surface area contributed by atoms with Crippen molar-refractivity contribution in [1.29, 1.82) is 0 Å². The van der Waals surface area contributed by atoms with E-state index in [0.29, 0.717) is 45.4 Å². The third-order valence-corrected chi connectivity index (χ3v) is 3.06. The van der Waals surface area contributed by atoms with Gasteiger partial charge in [-0.25, -0.2) is 4.99 Å². The zero-order chi connectivity index (χ0) is 19.3. The van der Waals surface area contributed by atoms with E-state index in [-0.39, 0.29) is 5.75 Å². The molecule has 1 rings (SSSR count). The lowest BCUT2D eigenvalue weighted by Gasteiger charge is -2.12. The Bertz CT molecular complexity index is 522. The molecule has 1 aromatic carbocycles. The van der Waals surface area contributed by atoms with Crippen LogP contribution in [0.4, 0.5) is 13.2 Å². The first kappa shape index (κ1) is 22.0. The van der Waals surface area contributed by atoms with Crippen LogP contribution in [-0.2, 0) is 16.0 Å². The minimum Gasteiger partial charge on any atom is -0.484 e. The first-order valence-electron chi connectivity index (χ1n) is 8.32. The van der Waals surface area contributed by atoms with Crippen LogP contribution in [-0.4, -0.2) is 58.8 Å². The molecule has 26 heavy (non-hydrogen) atoms. The molecule has 0 atom stereocenters. The first-order chi connectivity index (χ1) is 12.4. The van der Waals surface area contributed by atoms with Gasteiger partial charge in [0.15, 0.2) is 12.6 Å². The van der Waals surface area contributed by atoms with Crippen LogP contribution in [0, 0.1) is 0 Å². The summed E-state index contributed by atoms with van der Waals surface area (Å²) in [6.45, 7) is 3.97. The van der Waals surface area contributed by atoms with Crippen LogP contribution in [0.25, 0.3) is 0 Å². The number of guanidine groups is 1. The first-order valence-corrected chi connectivity index (χ1v) is 8.32. The van der Waals surface area contributed by atoms with Crippen molar-refractivity contribution in [1.82, 2.24) is 10.6 Å². The fourth-order valence-corrected chi connectivity index (χ4v) is 1.85. The summed E-state index contributed by atoms with van der Waals surface area (Å²) in [5.41, 5.74) is 0.859. The Morgan fingerprint density at radius 1 is 1.08 bits per heavy atom. The number of nitrogens with zero attached hydrogens (tertiary/aromatic N) is 1. The topological polar surface area (TPSA) is 64.1 Å². The molecule has 0 fully saturated rings. The quantitative estimate of drug-likeness (QED) is 0.352. The molecule has 0 spiro atoms. The third kappa shape index (κ3) is 10.8. The number of benzene rings is 1. The lowest BCUT2D eigenvalue weighted by atomic mass is 10.2. The molecule has 0 aliphatic heterocycles. The summed E-state index contributed by atoms with van der Waals surface area (Å²) in [5, 5.41) is 6.25. The second-order valence-electron chi connectivity index (χ2n) is 5.27. The molecule has 2 N–H and O–H groups in total. The maximum atomic E-state index is 12.1. The molecule has 1 aromatic rings. The van der Waals surface area contributed by atoms with Crippen LogP contribution < -0.4 is 15.4 Å². The van der Waals surface area contributed by atoms with Gasteiger partial charge in [0, 0.05) is 20.2 Å². The monoisotopic (exact) mass is 377 g/mol. The van der Waals surface area contributed by atoms with Crippen LogP contribution in [0.5, 0.6) is 5.75 Å². The van der Waals surface area contributed by atoms with Crippen LogP contribution in [0.2, 0.25) is 0 Å². The van der Waals surface area contributed by atoms with E-state index in [1.54, 1.807) is 19.2 Å². The van der Waals surface area contributed by atoms with E-state index < -0.39 is 12.8 Å². The number of aliphatic imine (C=N–C) groups is 1. The van der Waals surface area contributed by atoms with Gasteiger partial charge in [-0.15, -0.1) is 0 Å². The average Bonchev–Trinajstić information content (AvgIpc) is 2.61. The highest BCUT2D eigenvalue weighted by Gasteiger charge is 2.28. The molecule has 0 radical (unpaired) electrons. The van der Waals surface area contributed by atoms with Crippen molar-refractivity contribution in [2.75, 3.05) is 46.6 Å². The maximum absolute atomic E-state index is 12.1. The van der Waals surface area contributed by atoms with E-state index in [4.69, 9.17) is 9.47 Å². The van der Waals surface area contributed by atoms with Gasteiger partial charge in [-0.2, -0.15) is 13.2 Å². The van der Waals surface area contributed by atoms with Crippen LogP contribution in [0.15, 0.2) is 29.3 Å². The van der Waals surface area contributed by atoms with Crippen LogP contribution in [0.3, 0.4) is 0 Å². The predicted octanol–water partition coefficient (Wildman–Crippen LogP) is 2.35. The summed E-state index contributed by atoms with van der Waals surface area (Å²) >= 11 is 0. The van der Waals surface area contributed by atoms with Crippen molar-refractivity contribution in [3.8, 4) is 5.75 Å². The SMILES string of the molecule is CCNC(=NCc1ccc(OCC(F)(F)F)cc1)NCCOCCOC. The number of halogens is 3. The van der Waals surface area contributed by atoms with Gasteiger partial charge in [-0.05, 0) is 24.6 Å². The minimum atomic E-state index is -4.34. The van der Waals surface area contributed by atoms with Gasteiger partial charge < -0.3 is 24.8 Å². The average molecular weight is 377 g/mol. The number of hydrogen-bond donors (Lipinski definition) is 2. The van der Waals surface area contributed by atoms with E-state index in [1.165, 1.54) is 12.1 Å². The standard InChI is InChI=1S/C17H26F3N3O3/c1-3-21-16(22-8-9-25-11-10-24-2)23-12-14-4-6-15(7-5-14)26-13-17(18,19)20/h4-7H,3,8-13H2,1-2H3,(H2,21,22,23). The van der Waals surface area contributed by atoms with Crippen molar-refractivity contribution < 1.29 is 27.4 Å². The second kappa shape index (κ2) is 12.4. The second-order valence-corrected chi connectivity index (χ2v) is 5.27. The minimum absolute atomic E-state index is 0.174. The molecule has 0 saturated carbocycles. The van der Waals surface area contributed by atoms with Gasteiger partial charge in [-0.1, -0.05) is 12.1 Å². The molecule has 6 nitrogen and oxygen atoms in total. The Labute approximate surface area is 151 Å². The highest BCUT2D eigenvalue weighted by Crippen LogP contribution is 2.19. The molecular weight excluding hydrogens is 351 g/mol. The van der Waals surface area contributed by atoms with E-state index in [2.05, 4.69) is 20.4 Å². The molecule has 0 bridgehead atoms. The summed E-state index contributed by atoms with van der Waals surface area (Å²) in [6.07, 6.45) is -4.34. The molecule has 9 heteroatoms. The fourth-order valence-electron chi connectivity index (χ4n) is 1.85. The summed E-state index contributed by atoms with van der Waals surface area (Å²) in [5.74, 6) is 0.813. The molecular formula is C17H26F3N3O3. The van der Waals surface area contributed by atoms with Crippen LogP contribution in [0.1, 0.15) is 12.5 Å².